The van der Waals surface area contributed by atoms with Gasteiger partial charge in [0.1, 0.15) is 5.69 Å². The van der Waals surface area contributed by atoms with Crippen LogP contribution in [0.15, 0.2) is 54.6 Å². The van der Waals surface area contributed by atoms with Crippen molar-refractivity contribution in [2.75, 3.05) is 5.32 Å². The molecular formula is C24H24N4O. The molecule has 1 aliphatic carbocycles. The molecule has 1 amide bonds. The molecule has 0 radical (unpaired) electrons. The minimum atomic E-state index is -0.110. The minimum absolute atomic E-state index is 0.110. The topological polar surface area (TPSA) is 73.6 Å². The van der Waals surface area contributed by atoms with Gasteiger partial charge in [-0.3, -0.25) is 9.89 Å². The van der Waals surface area contributed by atoms with Crippen LogP contribution in [0.3, 0.4) is 0 Å². The quantitative estimate of drug-likeness (QED) is 0.447. The Balaban J connectivity index is 1.44. The number of hydrogen-bond donors (Lipinski definition) is 3. The Morgan fingerprint density at radius 2 is 1.93 bits per heavy atom. The maximum atomic E-state index is 12.4. The van der Waals surface area contributed by atoms with Crippen LogP contribution in [-0.2, 0) is 12.8 Å². The number of amides is 1. The first kappa shape index (κ1) is 17.7. The molecule has 0 saturated heterocycles. The van der Waals surface area contributed by atoms with Crippen molar-refractivity contribution >= 4 is 22.5 Å². The van der Waals surface area contributed by atoms with Crippen LogP contribution < -0.4 is 5.32 Å². The maximum Gasteiger partial charge on any atom is 0.255 e. The Morgan fingerprint density at radius 3 is 2.76 bits per heavy atom. The van der Waals surface area contributed by atoms with Crippen molar-refractivity contribution < 1.29 is 4.79 Å². The zero-order chi connectivity index (χ0) is 20.0. The standard InChI is InChI=1S/C24H24N4O/c1-24(2)11-10-18-21(14-24)27-28-22(18)20-12-16-8-9-17(13-19(16)26-20)25-23(29)15-6-4-3-5-7-15/h3-9,12-13,26H,10-11,14H2,1-2H3,(H,25,29)(H,27,28). The predicted octanol–water partition coefficient (Wildman–Crippen LogP) is 5.33. The van der Waals surface area contributed by atoms with Gasteiger partial charge in [-0.15, -0.1) is 0 Å². The van der Waals surface area contributed by atoms with Gasteiger partial charge in [0.25, 0.3) is 5.91 Å². The highest BCUT2D eigenvalue weighted by Gasteiger charge is 2.29. The fourth-order valence-corrected chi connectivity index (χ4v) is 4.20. The summed E-state index contributed by atoms with van der Waals surface area (Å²) in [6.45, 7) is 4.62. The van der Waals surface area contributed by atoms with Crippen molar-refractivity contribution in [2.45, 2.75) is 33.1 Å². The Labute approximate surface area is 169 Å². The molecule has 2 heterocycles. The lowest BCUT2D eigenvalue weighted by molar-refractivity contribution is 0.102. The average molecular weight is 384 g/mol. The van der Waals surface area contributed by atoms with Gasteiger partial charge in [0.15, 0.2) is 0 Å². The van der Waals surface area contributed by atoms with E-state index in [0.29, 0.717) is 11.0 Å². The predicted molar refractivity (Wildman–Crippen MR) is 116 cm³/mol. The molecule has 146 valence electrons. The first-order valence-corrected chi connectivity index (χ1v) is 10.0. The molecule has 0 saturated carbocycles. The van der Waals surface area contributed by atoms with Gasteiger partial charge in [0, 0.05) is 33.4 Å². The molecule has 0 spiro atoms. The van der Waals surface area contributed by atoms with Crippen molar-refractivity contribution in [3.05, 3.63) is 71.4 Å². The number of benzene rings is 2. The number of aromatic nitrogens is 3. The van der Waals surface area contributed by atoms with Crippen LogP contribution in [-0.4, -0.2) is 21.1 Å². The van der Waals surface area contributed by atoms with Crippen LogP contribution >= 0.6 is 0 Å². The van der Waals surface area contributed by atoms with Gasteiger partial charge >= 0.3 is 0 Å². The number of rotatable bonds is 3. The van der Waals surface area contributed by atoms with E-state index in [-0.39, 0.29) is 5.91 Å². The summed E-state index contributed by atoms with van der Waals surface area (Å²) in [5.74, 6) is -0.110. The molecule has 0 fully saturated rings. The number of fused-ring (bicyclic) bond motifs is 2. The molecule has 0 atom stereocenters. The zero-order valence-electron chi connectivity index (χ0n) is 16.7. The van der Waals surface area contributed by atoms with Crippen molar-refractivity contribution in [3.63, 3.8) is 0 Å². The van der Waals surface area contributed by atoms with Crippen LogP contribution in [0.1, 0.15) is 41.9 Å². The van der Waals surface area contributed by atoms with E-state index in [4.69, 9.17) is 0 Å². The zero-order valence-corrected chi connectivity index (χ0v) is 16.7. The highest BCUT2D eigenvalue weighted by molar-refractivity contribution is 6.05. The number of carbonyl (C=O) groups is 1. The summed E-state index contributed by atoms with van der Waals surface area (Å²) in [7, 11) is 0. The molecule has 0 unspecified atom stereocenters. The summed E-state index contributed by atoms with van der Waals surface area (Å²) >= 11 is 0. The largest absolute Gasteiger partial charge is 0.353 e. The van der Waals surface area contributed by atoms with Crippen molar-refractivity contribution in [3.8, 4) is 11.4 Å². The molecule has 1 aliphatic rings. The molecular weight excluding hydrogens is 360 g/mol. The number of aromatic amines is 2. The van der Waals surface area contributed by atoms with E-state index in [2.05, 4.69) is 40.4 Å². The van der Waals surface area contributed by atoms with Crippen LogP contribution in [0.5, 0.6) is 0 Å². The Kier molecular flexibility index (Phi) is 4.05. The molecule has 29 heavy (non-hydrogen) atoms. The van der Waals surface area contributed by atoms with E-state index >= 15 is 0 Å². The second kappa shape index (κ2) is 6.62. The Hall–Kier alpha value is -3.34. The van der Waals surface area contributed by atoms with Crippen LogP contribution in [0.25, 0.3) is 22.3 Å². The second-order valence-electron chi connectivity index (χ2n) is 8.68. The van der Waals surface area contributed by atoms with Gasteiger partial charge in [-0.25, -0.2) is 0 Å². The highest BCUT2D eigenvalue weighted by atomic mass is 16.1. The summed E-state index contributed by atoms with van der Waals surface area (Å²) in [6.07, 6.45) is 3.25. The Morgan fingerprint density at radius 1 is 1.10 bits per heavy atom. The van der Waals surface area contributed by atoms with E-state index in [0.717, 1.165) is 40.8 Å². The van der Waals surface area contributed by atoms with Crippen LogP contribution in [0.4, 0.5) is 5.69 Å². The lowest BCUT2D eigenvalue weighted by Gasteiger charge is -2.28. The highest BCUT2D eigenvalue weighted by Crippen LogP contribution is 2.38. The monoisotopic (exact) mass is 384 g/mol. The van der Waals surface area contributed by atoms with E-state index < -0.39 is 0 Å². The molecule has 4 aromatic rings. The molecule has 5 rings (SSSR count). The fraction of sp³-hybridized carbons (Fsp3) is 0.250. The summed E-state index contributed by atoms with van der Waals surface area (Å²) in [5.41, 5.74) is 7.34. The van der Waals surface area contributed by atoms with Crippen molar-refractivity contribution in [2.24, 2.45) is 5.41 Å². The van der Waals surface area contributed by atoms with E-state index in [1.807, 2.05) is 48.5 Å². The van der Waals surface area contributed by atoms with Gasteiger partial charge in [-0.2, -0.15) is 5.10 Å². The third-order valence-electron chi connectivity index (χ3n) is 5.83. The van der Waals surface area contributed by atoms with Gasteiger partial charge in [0.2, 0.25) is 0 Å². The molecule has 2 aromatic heterocycles. The fourth-order valence-electron chi connectivity index (χ4n) is 4.20. The number of hydrogen-bond acceptors (Lipinski definition) is 2. The van der Waals surface area contributed by atoms with E-state index in [1.54, 1.807) is 0 Å². The van der Waals surface area contributed by atoms with Crippen molar-refractivity contribution in [1.29, 1.82) is 0 Å². The molecule has 3 N–H and O–H groups in total. The molecule has 5 nitrogen and oxygen atoms in total. The summed E-state index contributed by atoms with van der Waals surface area (Å²) in [4.78, 5) is 15.9. The SMILES string of the molecule is CC1(C)CCc2c(-c3cc4ccc(NC(=O)c5ccccc5)cc4[nH]3)n[nH]c2C1. The molecule has 5 heteroatoms. The van der Waals surface area contributed by atoms with Gasteiger partial charge < -0.3 is 10.3 Å². The third-order valence-corrected chi connectivity index (χ3v) is 5.83. The first-order valence-electron chi connectivity index (χ1n) is 10.0. The van der Waals surface area contributed by atoms with Gasteiger partial charge in [-0.1, -0.05) is 38.1 Å². The number of H-pyrrole nitrogens is 2. The molecule has 0 aliphatic heterocycles. The molecule has 2 aromatic carbocycles. The van der Waals surface area contributed by atoms with E-state index in [1.165, 1.54) is 17.7 Å². The van der Waals surface area contributed by atoms with Crippen LogP contribution in [0, 0.1) is 5.41 Å². The Bertz CT molecular complexity index is 1200. The smallest absolute Gasteiger partial charge is 0.255 e. The number of anilines is 1. The summed E-state index contributed by atoms with van der Waals surface area (Å²) < 4.78 is 0. The molecule has 0 bridgehead atoms. The van der Waals surface area contributed by atoms with Crippen LogP contribution in [0.2, 0.25) is 0 Å². The number of nitrogens with one attached hydrogen (secondary N) is 3. The number of nitrogens with zero attached hydrogens (tertiary/aromatic N) is 1. The summed E-state index contributed by atoms with van der Waals surface area (Å²) in [6, 6.07) is 17.3. The number of carbonyl (C=O) groups excluding carboxylic acids is 1. The summed E-state index contributed by atoms with van der Waals surface area (Å²) in [5, 5.41) is 11.9. The third kappa shape index (κ3) is 3.33. The normalized spacial score (nSPS) is 15.2. The van der Waals surface area contributed by atoms with E-state index in [9.17, 15) is 4.79 Å². The average Bonchev–Trinajstić information content (AvgIpc) is 3.30. The maximum absolute atomic E-state index is 12.4. The van der Waals surface area contributed by atoms with Gasteiger partial charge in [0.05, 0.1) is 5.69 Å². The second-order valence-corrected chi connectivity index (χ2v) is 8.68. The lowest BCUT2D eigenvalue weighted by Crippen LogP contribution is -2.21. The van der Waals surface area contributed by atoms with Crippen molar-refractivity contribution in [1.82, 2.24) is 15.2 Å². The minimum Gasteiger partial charge on any atom is -0.353 e. The van der Waals surface area contributed by atoms with Gasteiger partial charge in [-0.05, 0) is 55.0 Å². The first-order chi connectivity index (χ1) is 14.0. The lowest BCUT2D eigenvalue weighted by atomic mass is 9.76.